The lowest BCUT2D eigenvalue weighted by atomic mass is 10.2. The van der Waals surface area contributed by atoms with E-state index in [1.165, 1.54) is 10.1 Å². The zero-order valence-corrected chi connectivity index (χ0v) is 13.4. The molecule has 2 aromatic heterocycles. The summed E-state index contributed by atoms with van der Waals surface area (Å²) in [7, 11) is 0. The fraction of sp³-hybridized carbons (Fsp3) is 0.111. The number of para-hydroxylation sites is 1. The smallest absolute Gasteiger partial charge is 0.151 e. The molecule has 0 aliphatic heterocycles. The normalized spacial score (nSPS) is 10.3. The number of nitrogens with zero attached hydrogens (tertiary/aromatic N) is 2. The molecule has 4 heteroatoms. The SMILES string of the molecule is CC.c1ccc(Nc2ncnc3c2sc2ccccc23)cc1. The van der Waals surface area contributed by atoms with Gasteiger partial charge >= 0.3 is 0 Å². The predicted octanol–water partition coefficient (Wildman–Crippen LogP) is 5.61. The van der Waals surface area contributed by atoms with Gasteiger partial charge in [-0.15, -0.1) is 11.3 Å². The fourth-order valence-corrected chi connectivity index (χ4v) is 3.37. The lowest BCUT2D eigenvalue weighted by Crippen LogP contribution is -1.93. The van der Waals surface area contributed by atoms with E-state index in [1.807, 2.05) is 50.2 Å². The molecular weight excluding hydrogens is 290 g/mol. The molecule has 0 saturated carbocycles. The van der Waals surface area contributed by atoms with Crippen LogP contribution in [0.25, 0.3) is 20.3 Å². The van der Waals surface area contributed by atoms with Crippen molar-refractivity contribution < 1.29 is 0 Å². The van der Waals surface area contributed by atoms with Crippen LogP contribution >= 0.6 is 11.3 Å². The molecular formula is C18H17N3S. The Hall–Kier alpha value is -2.46. The van der Waals surface area contributed by atoms with Crippen LogP contribution in [0.5, 0.6) is 0 Å². The first-order chi connectivity index (χ1) is 10.9. The number of thiophene rings is 1. The van der Waals surface area contributed by atoms with Gasteiger partial charge < -0.3 is 5.32 Å². The van der Waals surface area contributed by atoms with Crippen molar-refractivity contribution >= 4 is 43.1 Å². The minimum absolute atomic E-state index is 0.863. The van der Waals surface area contributed by atoms with Crippen molar-refractivity contribution in [1.29, 1.82) is 0 Å². The van der Waals surface area contributed by atoms with E-state index in [9.17, 15) is 0 Å². The molecule has 4 rings (SSSR count). The van der Waals surface area contributed by atoms with E-state index < -0.39 is 0 Å². The van der Waals surface area contributed by atoms with Gasteiger partial charge in [-0.05, 0) is 18.2 Å². The number of fused-ring (bicyclic) bond motifs is 3. The Bertz CT molecular complexity index is 885. The highest BCUT2D eigenvalue weighted by molar-refractivity contribution is 7.26. The van der Waals surface area contributed by atoms with Crippen LogP contribution in [0.1, 0.15) is 13.8 Å². The molecule has 0 unspecified atom stereocenters. The van der Waals surface area contributed by atoms with Crippen molar-refractivity contribution in [2.24, 2.45) is 0 Å². The molecule has 0 amide bonds. The summed E-state index contributed by atoms with van der Waals surface area (Å²) >= 11 is 1.72. The maximum atomic E-state index is 4.43. The summed E-state index contributed by atoms with van der Waals surface area (Å²) in [6.45, 7) is 4.00. The third-order valence-electron chi connectivity index (χ3n) is 3.19. The van der Waals surface area contributed by atoms with Crippen LogP contribution in [-0.2, 0) is 0 Å². The Morgan fingerprint density at radius 2 is 1.59 bits per heavy atom. The standard InChI is InChI=1S/C16H11N3S.C2H6/c1-2-6-11(7-3-1)19-16-15-14(17-10-18-16)12-8-4-5-9-13(12)20-15;1-2/h1-10H,(H,17,18,19);1-2H3. The first kappa shape index (κ1) is 14.5. The number of rotatable bonds is 2. The van der Waals surface area contributed by atoms with Crippen LogP contribution < -0.4 is 5.32 Å². The Kier molecular flexibility index (Phi) is 4.30. The van der Waals surface area contributed by atoms with Gasteiger partial charge in [0.2, 0.25) is 0 Å². The second kappa shape index (κ2) is 6.54. The molecule has 4 aromatic rings. The first-order valence-electron chi connectivity index (χ1n) is 7.36. The number of hydrogen-bond acceptors (Lipinski definition) is 4. The lowest BCUT2D eigenvalue weighted by Gasteiger charge is -2.05. The number of benzene rings is 2. The third-order valence-corrected chi connectivity index (χ3v) is 4.36. The Morgan fingerprint density at radius 1 is 0.864 bits per heavy atom. The Morgan fingerprint density at radius 3 is 2.41 bits per heavy atom. The number of nitrogens with one attached hydrogen (secondary N) is 1. The van der Waals surface area contributed by atoms with E-state index in [1.54, 1.807) is 17.7 Å². The van der Waals surface area contributed by atoms with Crippen molar-refractivity contribution in [3.05, 3.63) is 60.9 Å². The highest BCUT2D eigenvalue weighted by atomic mass is 32.1. The number of aromatic nitrogens is 2. The van der Waals surface area contributed by atoms with Gasteiger partial charge in [0.1, 0.15) is 6.33 Å². The van der Waals surface area contributed by atoms with E-state index >= 15 is 0 Å². The molecule has 3 nitrogen and oxygen atoms in total. The van der Waals surface area contributed by atoms with Gasteiger partial charge in [0, 0.05) is 15.8 Å². The zero-order chi connectivity index (χ0) is 15.4. The second-order valence-electron chi connectivity index (χ2n) is 4.49. The highest BCUT2D eigenvalue weighted by Crippen LogP contribution is 2.36. The van der Waals surface area contributed by atoms with E-state index in [0.717, 1.165) is 21.7 Å². The molecule has 2 heterocycles. The van der Waals surface area contributed by atoms with Gasteiger partial charge in [0.25, 0.3) is 0 Å². The van der Waals surface area contributed by atoms with Crippen molar-refractivity contribution in [1.82, 2.24) is 9.97 Å². The minimum atomic E-state index is 0.863. The van der Waals surface area contributed by atoms with Gasteiger partial charge in [0.05, 0.1) is 10.2 Å². The average molecular weight is 307 g/mol. The van der Waals surface area contributed by atoms with E-state index in [2.05, 4.69) is 33.5 Å². The van der Waals surface area contributed by atoms with Gasteiger partial charge in [-0.1, -0.05) is 50.2 Å². The monoisotopic (exact) mass is 307 g/mol. The summed E-state index contributed by atoms with van der Waals surface area (Å²) in [5, 5.41) is 4.55. The molecule has 1 N–H and O–H groups in total. The van der Waals surface area contributed by atoms with Crippen molar-refractivity contribution in [3.8, 4) is 0 Å². The Balaban J connectivity index is 0.000000693. The predicted molar refractivity (Wildman–Crippen MR) is 96.0 cm³/mol. The lowest BCUT2D eigenvalue weighted by molar-refractivity contribution is 1.23. The molecule has 0 fully saturated rings. The first-order valence-corrected chi connectivity index (χ1v) is 8.18. The summed E-state index contributed by atoms with van der Waals surface area (Å²) in [5.41, 5.74) is 2.05. The van der Waals surface area contributed by atoms with Crippen LogP contribution in [0.2, 0.25) is 0 Å². The van der Waals surface area contributed by atoms with Gasteiger partial charge in [-0.25, -0.2) is 9.97 Å². The average Bonchev–Trinajstić information content (AvgIpc) is 2.98. The molecule has 0 spiro atoms. The molecule has 22 heavy (non-hydrogen) atoms. The summed E-state index contributed by atoms with van der Waals surface area (Å²) in [6, 6.07) is 18.4. The molecule has 0 radical (unpaired) electrons. The van der Waals surface area contributed by atoms with Gasteiger partial charge in [-0.2, -0.15) is 0 Å². The summed E-state index contributed by atoms with van der Waals surface area (Å²) in [6.07, 6.45) is 1.62. The summed E-state index contributed by atoms with van der Waals surface area (Å²) in [5.74, 6) is 0.863. The van der Waals surface area contributed by atoms with Crippen LogP contribution in [-0.4, -0.2) is 9.97 Å². The van der Waals surface area contributed by atoms with Crippen molar-refractivity contribution in [2.75, 3.05) is 5.32 Å². The summed E-state index contributed by atoms with van der Waals surface area (Å²) < 4.78 is 2.33. The van der Waals surface area contributed by atoms with E-state index in [0.29, 0.717) is 0 Å². The molecule has 0 aliphatic rings. The summed E-state index contributed by atoms with van der Waals surface area (Å²) in [4.78, 5) is 8.82. The second-order valence-corrected chi connectivity index (χ2v) is 5.54. The highest BCUT2D eigenvalue weighted by Gasteiger charge is 2.10. The molecule has 0 saturated heterocycles. The van der Waals surface area contributed by atoms with Crippen LogP contribution in [0.3, 0.4) is 0 Å². The van der Waals surface area contributed by atoms with E-state index in [-0.39, 0.29) is 0 Å². The largest absolute Gasteiger partial charge is 0.339 e. The fourth-order valence-electron chi connectivity index (χ4n) is 2.27. The van der Waals surface area contributed by atoms with Crippen molar-refractivity contribution in [2.45, 2.75) is 13.8 Å². The van der Waals surface area contributed by atoms with Gasteiger partial charge in [0.15, 0.2) is 5.82 Å². The van der Waals surface area contributed by atoms with Crippen LogP contribution in [0, 0.1) is 0 Å². The molecule has 0 bridgehead atoms. The van der Waals surface area contributed by atoms with E-state index in [4.69, 9.17) is 0 Å². The molecule has 0 aliphatic carbocycles. The quantitative estimate of drug-likeness (QED) is 0.522. The maximum Gasteiger partial charge on any atom is 0.151 e. The molecule has 110 valence electrons. The third kappa shape index (κ3) is 2.65. The zero-order valence-electron chi connectivity index (χ0n) is 12.6. The minimum Gasteiger partial charge on any atom is -0.339 e. The van der Waals surface area contributed by atoms with Crippen LogP contribution in [0.4, 0.5) is 11.5 Å². The Labute approximate surface area is 133 Å². The maximum absolute atomic E-state index is 4.43. The molecule has 0 atom stereocenters. The van der Waals surface area contributed by atoms with Gasteiger partial charge in [-0.3, -0.25) is 0 Å². The topological polar surface area (TPSA) is 37.8 Å². The number of hydrogen-bond donors (Lipinski definition) is 1. The molecule has 2 aromatic carbocycles. The van der Waals surface area contributed by atoms with Crippen LogP contribution in [0.15, 0.2) is 60.9 Å². The van der Waals surface area contributed by atoms with Crippen molar-refractivity contribution in [3.63, 3.8) is 0 Å². The number of anilines is 2.